The third kappa shape index (κ3) is 3.11. The van der Waals surface area contributed by atoms with Gasteiger partial charge in [-0.15, -0.1) is 0 Å². The Hall–Kier alpha value is -2.82. The SMILES string of the molecule is COc1ccc(CNC(=O)[C@@H](C)N2Cc3ccccc3C2=O)cc1. The molecular weight excluding hydrogens is 304 g/mol. The van der Waals surface area contributed by atoms with Gasteiger partial charge in [-0.05, 0) is 36.2 Å². The number of nitrogens with zero attached hydrogens (tertiary/aromatic N) is 1. The number of hydrogen-bond donors (Lipinski definition) is 1. The Morgan fingerprint density at radius 1 is 1.21 bits per heavy atom. The molecule has 0 spiro atoms. The molecule has 1 aliphatic heterocycles. The molecule has 0 saturated carbocycles. The topological polar surface area (TPSA) is 58.6 Å². The minimum absolute atomic E-state index is 0.0855. The largest absolute Gasteiger partial charge is 0.497 e. The highest BCUT2D eigenvalue weighted by molar-refractivity contribution is 6.00. The number of rotatable bonds is 5. The minimum atomic E-state index is -0.511. The van der Waals surface area contributed by atoms with Crippen LogP contribution < -0.4 is 10.1 Å². The molecule has 2 aromatic rings. The number of carbonyl (C=O) groups is 2. The molecule has 1 atom stereocenters. The highest BCUT2D eigenvalue weighted by Crippen LogP contribution is 2.24. The smallest absolute Gasteiger partial charge is 0.255 e. The molecule has 0 radical (unpaired) electrons. The van der Waals surface area contributed by atoms with E-state index in [9.17, 15) is 9.59 Å². The van der Waals surface area contributed by atoms with Crippen LogP contribution in [0.15, 0.2) is 48.5 Å². The predicted octanol–water partition coefficient (Wildman–Crippen LogP) is 2.36. The molecule has 0 bridgehead atoms. The van der Waals surface area contributed by atoms with Crippen LogP contribution in [0.1, 0.15) is 28.4 Å². The summed E-state index contributed by atoms with van der Waals surface area (Å²) in [5, 5.41) is 2.89. The average molecular weight is 324 g/mol. The van der Waals surface area contributed by atoms with Crippen molar-refractivity contribution in [1.82, 2.24) is 10.2 Å². The number of amides is 2. The van der Waals surface area contributed by atoms with Crippen LogP contribution in [-0.4, -0.2) is 29.9 Å². The number of fused-ring (bicyclic) bond motifs is 1. The molecule has 0 aliphatic carbocycles. The first-order valence-electron chi connectivity index (χ1n) is 7.89. The van der Waals surface area contributed by atoms with E-state index in [0.717, 1.165) is 16.9 Å². The summed E-state index contributed by atoms with van der Waals surface area (Å²) in [4.78, 5) is 26.4. The van der Waals surface area contributed by atoms with E-state index in [2.05, 4.69) is 5.32 Å². The first kappa shape index (κ1) is 16.1. The number of ether oxygens (including phenoxy) is 1. The van der Waals surface area contributed by atoms with Crippen LogP contribution in [0, 0.1) is 0 Å². The second-order valence-electron chi connectivity index (χ2n) is 5.83. The summed E-state index contributed by atoms with van der Waals surface area (Å²) in [5.74, 6) is 0.531. The number of benzene rings is 2. The number of nitrogens with one attached hydrogen (secondary N) is 1. The van der Waals surface area contributed by atoms with Crippen molar-refractivity contribution >= 4 is 11.8 Å². The summed E-state index contributed by atoms with van der Waals surface area (Å²) >= 11 is 0. The first-order valence-corrected chi connectivity index (χ1v) is 7.89. The van der Waals surface area contributed by atoms with E-state index in [1.165, 1.54) is 0 Å². The van der Waals surface area contributed by atoms with Crippen molar-refractivity contribution in [1.29, 1.82) is 0 Å². The van der Waals surface area contributed by atoms with Crippen LogP contribution in [0.5, 0.6) is 5.75 Å². The summed E-state index contributed by atoms with van der Waals surface area (Å²) in [6.45, 7) is 2.65. The Balaban J connectivity index is 1.60. The zero-order valence-electron chi connectivity index (χ0n) is 13.8. The fourth-order valence-corrected chi connectivity index (χ4v) is 2.81. The quantitative estimate of drug-likeness (QED) is 0.918. The average Bonchev–Trinajstić information content (AvgIpc) is 2.96. The monoisotopic (exact) mass is 324 g/mol. The number of carbonyl (C=O) groups excluding carboxylic acids is 2. The molecule has 0 saturated heterocycles. The van der Waals surface area contributed by atoms with Gasteiger partial charge in [0.2, 0.25) is 5.91 Å². The first-order chi connectivity index (χ1) is 11.6. The Labute approximate surface area is 141 Å². The molecule has 124 valence electrons. The highest BCUT2D eigenvalue weighted by Gasteiger charge is 2.33. The number of methoxy groups -OCH3 is 1. The van der Waals surface area contributed by atoms with Crippen LogP contribution in [0.2, 0.25) is 0 Å². The minimum Gasteiger partial charge on any atom is -0.497 e. The zero-order valence-corrected chi connectivity index (χ0v) is 13.8. The standard InChI is InChI=1S/C19H20N2O3/c1-13(21-12-15-5-3-4-6-17(15)19(21)23)18(22)20-11-14-7-9-16(24-2)10-8-14/h3-10,13H,11-12H2,1-2H3,(H,20,22)/t13-/m1/s1. The van der Waals surface area contributed by atoms with Gasteiger partial charge in [0.1, 0.15) is 11.8 Å². The van der Waals surface area contributed by atoms with E-state index in [1.807, 2.05) is 42.5 Å². The Kier molecular flexibility index (Phi) is 4.51. The van der Waals surface area contributed by atoms with Crippen molar-refractivity contribution in [2.75, 3.05) is 7.11 Å². The van der Waals surface area contributed by atoms with Crippen LogP contribution in [0.3, 0.4) is 0 Å². The van der Waals surface area contributed by atoms with Crippen LogP contribution in [0.25, 0.3) is 0 Å². The van der Waals surface area contributed by atoms with Gasteiger partial charge in [0.25, 0.3) is 5.91 Å². The molecule has 2 amide bonds. The van der Waals surface area contributed by atoms with Gasteiger partial charge in [0, 0.05) is 18.7 Å². The van der Waals surface area contributed by atoms with Crippen LogP contribution >= 0.6 is 0 Å². The Bertz CT molecular complexity index is 755. The molecular formula is C19H20N2O3. The lowest BCUT2D eigenvalue weighted by Gasteiger charge is -2.23. The van der Waals surface area contributed by atoms with Crippen molar-refractivity contribution in [2.45, 2.75) is 26.1 Å². The molecule has 0 aromatic heterocycles. The van der Waals surface area contributed by atoms with Crippen molar-refractivity contribution in [2.24, 2.45) is 0 Å². The fourth-order valence-electron chi connectivity index (χ4n) is 2.81. The predicted molar refractivity (Wildman–Crippen MR) is 90.6 cm³/mol. The third-order valence-corrected chi connectivity index (χ3v) is 4.32. The van der Waals surface area contributed by atoms with Crippen molar-refractivity contribution < 1.29 is 14.3 Å². The van der Waals surface area contributed by atoms with E-state index in [-0.39, 0.29) is 11.8 Å². The fraction of sp³-hybridized carbons (Fsp3) is 0.263. The van der Waals surface area contributed by atoms with E-state index in [4.69, 9.17) is 4.74 Å². The maximum atomic E-state index is 12.4. The van der Waals surface area contributed by atoms with Gasteiger partial charge in [-0.3, -0.25) is 9.59 Å². The molecule has 1 heterocycles. The lowest BCUT2D eigenvalue weighted by molar-refractivity contribution is -0.125. The summed E-state index contributed by atoms with van der Waals surface area (Å²) in [7, 11) is 1.61. The van der Waals surface area contributed by atoms with Gasteiger partial charge in [-0.1, -0.05) is 30.3 Å². The maximum Gasteiger partial charge on any atom is 0.255 e. The number of hydrogen-bond acceptors (Lipinski definition) is 3. The summed E-state index contributed by atoms with van der Waals surface area (Å²) in [6, 6.07) is 14.5. The Morgan fingerprint density at radius 3 is 2.58 bits per heavy atom. The third-order valence-electron chi connectivity index (χ3n) is 4.32. The molecule has 3 rings (SSSR count). The second kappa shape index (κ2) is 6.74. The van der Waals surface area contributed by atoms with E-state index < -0.39 is 6.04 Å². The highest BCUT2D eigenvalue weighted by atomic mass is 16.5. The Morgan fingerprint density at radius 2 is 1.92 bits per heavy atom. The van der Waals surface area contributed by atoms with Crippen LogP contribution in [-0.2, 0) is 17.9 Å². The molecule has 1 aliphatic rings. The van der Waals surface area contributed by atoms with Crippen molar-refractivity contribution in [3.63, 3.8) is 0 Å². The van der Waals surface area contributed by atoms with Gasteiger partial charge >= 0.3 is 0 Å². The molecule has 0 fully saturated rings. The lowest BCUT2D eigenvalue weighted by Crippen LogP contribution is -2.45. The van der Waals surface area contributed by atoms with Gasteiger partial charge < -0.3 is 15.0 Å². The van der Waals surface area contributed by atoms with Gasteiger partial charge in [0.15, 0.2) is 0 Å². The normalized spacial score (nSPS) is 14.2. The summed E-state index contributed by atoms with van der Waals surface area (Å²) < 4.78 is 5.11. The zero-order chi connectivity index (χ0) is 17.1. The second-order valence-corrected chi connectivity index (χ2v) is 5.83. The molecule has 24 heavy (non-hydrogen) atoms. The molecule has 2 aromatic carbocycles. The maximum absolute atomic E-state index is 12.4. The van der Waals surface area contributed by atoms with Gasteiger partial charge in [0.05, 0.1) is 7.11 Å². The van der Waals surface area contributed by atoms with E-state index >= 15 is 0 Å². The molecule has 1 N–H and O–H groups in total. The van der Waals surface area contributed by atoms with E-state index in [1.54, 1.807) is 25.0 Å². The molecule has 5 heteroatoms. The lowest BCUT2D eigenvalue weighted by atomic mass is 10.1. The molecule has 5 nitrogen and oxygen atoms in total. The van der Waals surface area contributed by atoms with Crippen molar-refractivity contribution in [3.05, 3.63) is 65.2 Å². The van der Waals surface area contributed by atoms with Gasteiger partial charge in [-0.25, -0.2) is 0 Å². The van der Waals surface area contributed by atoms with E-state index in [0.29, 0.717) is 18.7 Å². The van der Waals surface area contributed by atoms with Crippen LogP contribution in [0.4, 0.5) is 0 Å². The summed E-state index contributed by atoms with van der Waals surface area (Å²) in [6.07, 6.45) is 0. The molecule has 0 unspecified atom stereocenters. The van der Waals surface area contributed by atoms with Gasteiger partial charge in [-0.2, -0.15) is 0 Å². The summed E-state index contributed by atoms with van der Waals surface area (Å²) in [5.41, 5.74) is 2.64. The van der Waals surface area contributed by atoms with Crippen molar-refractivity contribution in [3.8, 4) is 5.75 Å².